The number of hydrogen-bond donors (Lipinski definition) is 1. The van der Waals surface area contributed by atoms with Gasteiger partial charge in [0.25, 0.3) is 0 Å². The largest absolute Gasteiger partial charge is 0.315 e. The molecule has 1 spiro atoms. The van der Waals surface area contributed by atoms with Crippen LogP contribution < -0.4 is 5.32 Å². The lowest BCUT2D eigenvalue weighted by Crippen LogP contribution is -2.60. The van der Waals surface area contributed by atoms with Crippen molar-refractivity contribution in [3.8, 4) is 0 Å². The van der Waals surface area contributed by atoms with Gasteiger partial charge in [0.1, 0.15) is 0 Å². The van der Waals surface area contributed by atoms with Crippen molar-refractivity contribution in [1.82, 2.24) is 10.2 Å². The van der Waals surface area contributed by atoms with Crippen LogP contribution in [0.25, 0.3) is 0 Å². The smallest absolute Gasteiger partial charge is 0.0351 e. The Bertz CT molecular complexity index is 199. The average Bonchev–Trinajstić information content (AvgIpc) is 2.52. The molecule has 1 unspecified atom stereocenters. The molecule has 2 rings (SSSR count). The first-order valence-corrected chi connectivity index (χ1v) is 6.03. The first kappa shape index (κ1) is 10.4. The van der Waals surface area contributed by atoms with Gasteiger partial charge in [-0.3, -0.25) is 4.90 Å². The van der Waals surface area contributed by atoms with Crippen LogP contribution in [0, 0.1) is 0 Å². The van der Waals surface area contributed by atoms with Crippen LogP contribution >= 0.6 is 0 Å². The van der Waals surface area contributed by atoms with Gasteiger partial charge in [0.2, 0.25) is 0 Å². The van der Waals surface area contributed by atoms with Crippen molar-refractivity contribution >= 4 is 0 Å². The SMILES string of the molecule is CC(C)(C)N1CCCCC12CCNC2. The van der Waals surface area contributed by atoms with Crippen LogP contribution in [0.15, 0.2) is 0 Å². The molecule has 0 aromatic carbocycles. The van der Waals surface area contributed by atoms with Gasteiger partial charge in [0, 0.05) is 17.6 Å². The maximum Gasteiger partial charge on any atom is 0.0351 e. The quantitative estimate of drug-likeness (QED) is 0.637. The Morgan fingerprint density at radius 1 is 1.14 bits per heavy atom. The second kappa shape index (κ2) is 3.49. The molecule has 1 N–H and O–H groups in total. The van der Waals surface area contributed by atoms with Gasteiger partial charge in [-0.2, -0.15) is 0 Å². The number of likely N-dealkylation sites (tertiary alicyclic amines) is 1. The zero-order valence-electron chi connectivity index (χ0n) is 9.90. The Hall–Kier alpha value is -0.0800. The van der Waals surface area contributed by atoms with Crippen molar-refractivity contribution in [2.45, 2.75) is 57.5 Å². The summed E-state index contributed by atoms with van der Waals surface area (Å²) in [5.74, 6) is 0. The van der Waals surface area contributed by atoms with E-state index in [4.69, 9.17) is 0 Å². The van der Waals surface area contributed by atoms with E-state index in [9.17, 15) is 0 Å². The molecule has 2 aliphatic heterocycles. The van der Waals surface area contributed by atoms with Gasteiger partial charge in [-0.05, 0) is 53.1 Å². The summed E-state index contributed by atoms with van der Waals surface area (Å²) >= 11 is 0. The maximum atomic E-state index is 3.54. The third-order valence-corrected chi connectivity index (χ3v) is 3.88. The van der Waals surface area contributed by atoms with Crippen molar-refractivity contribution < 1.29 is 0 Å². The van der Waals surface area contributed by atoms with Crippen LogP contribution in [0.2, 0.25) is 0 Å². The molecule has 2 aliphatic rings. The highest BCUT2D eigenvalue weighted by Crippen LogP contribution is 2.37. The standard InChI is InChI=1S/C12H24N2/c1-11(2,3)14-9-5-4-6-12(14)7-8-13-10-12/h13H,4-10H2,1-3H3. The Kier molecular flexibility index (Phi) is 2.61. The second-order valence-corrected chi connectivity index (χ2v) is 5.93. The molecule has 0 radical (unpaired) electrons. The zero-order chi connectivity index (χ0) is 10.2. The maximum absolute atomic E-state index is 3.54. The molecule has 14 heavy (non-hydrogen) atoms. The van der Waals surface area contributed by atoms with E-state index in [0.29, 0.717) is 11.1 Å². The molecule has 1 atom stereocenters. The van der Waals surface area contributed by atoms with Crippen molar-refractivity contribution in [2.75, 3.05) is 19.6 Å². The topological polar surface area (TPSA) is 15.3 Å². The highest BCUT2D eigenvalue weighted by molar-refractivity contribution is 5.03. The summed E-state index contributed by atoms with van der Waals surface area (Å²) in [5.41, 5.74) is 0.836. The molecule has 0 bridgehead atoms. The number of nitrogens with one attached hydrogen (secondary N) is 1. The fraction of sp³-hybridized carbons (Fsp3) is 1.00. The predicted octanol–water partition coefficient (Wildman–Crippen LogP) is 2.00. The van der Waals surface area contributed by atoms with Gasteiger partial charge in [0.05, 0.1) is 0 Å². The molecular formula is C12H24N2. The van der Waals surface area contributed by atoms with Crippen molar-refractivity contribution in [1.29, 1.82) is 0 Å². The van der Waals surface area contributed by atoms with E-state index in [0.717, 1.165) is 0 Å². The molecule has 2 fully saturated rings. The summed E-state index contributed by atoms with van der Waals surface area (Å²) in [7, 11) is 0. The number of nitrogens with zero attached hydrogens (tertiary/aromatic N) is 1. The zero-order valence-corrected chi connectivity index (χ0v) is 9.90. The monoisotopic (exact) mass is 196 g/mol. The van der Waals surface area contributed by atoms with Crippen LogP contribution in [-0.4, -0.2) is 35.6 Å². The third-order valence-electron chi connectivity index (χ3n) is 3.88. The molecule has 2 nitrogen and oxygen atoms in total. The Labute approximate surface area is 88.1 Å². The Balaban J connectivity index is 2.19. The molecule has 2 heterocycles. The number of piperidine rings is 1. The van der Waals surface area contributed by atoms with E-state index in [1.807, 2.05) is 0 Å². The van der Waals surface area contributed by atoms with E-state index < -0.39 is 0 Å². The van der Waals surface area contributed by atoms with E-state index in [1.54, 1.807) is 0 Å². The molecule has 2 saturated heterocycles. The molecule has 0 aromatic heterocycles. The molecule has 0 aromatic rings. The third kappa shape index (κ3) is 1.70. The second-order valence-electron chi connectivity index (χ2n) is 5.93. The average molecular weight is 196 g/mol. The Morgan fingerprint density at radius 3 is 2.50 bits per heavy atom. The molecule has 0 amide bonds. The molecule has 0 saturated carbocycles. The first-order chi connectivity index (χ1) is 6.55. The Morgan fingerprint density at radius 2 is 1.93 bits per heavy atom. The number of rotatable bonds is 0. The highest BCUT2D eigenvalue weighted by atomic mass is 15.3. The lowest BCUT2D eigenvalue weighted by Gasteiger charge is -2.51. The van der Waals surface area contributed by atoms with Crippen LogP contribution in [0.4, 0.5) is 0 Å². The minimum atomic E-state index is 0.340. The first-order valence-electron chi connectivity index (χ1n) is 6.03. The van der Waals surface area contributed by atoms with Crippen molar-refractivity contribution in [3.63, 3.8) is 0 Å². The van der Waals surface area contributed by atoms with Crippen LogP contribution in [-0.2, 0) is 0 Å². The van der Waals surface area contributed by atoms with E-state index in [-0.39, 0.29) is 0 Å². The van der Waals surface area contributed by atoms with Crippen LogP contribution in [0.1, 0.15) is 46.5 Å². The summed E-state index contributed by atoms with van der Waals surface area (Å²) in [4.78, 5) is 2.75. The molecule has 2 heteroatoms. The minimum Gasteiger partial charge on any atom is -0.315 e. The summed E-state index contributed by atoms with van der Waals surface area (Å²) < 4.78 is 0. The van der Waals surface area contributed by atoms with Gasteiger partial charge in [-0.1, -0.05) is 6.42 Å². The minimum absolute atomic E-state index is 0.340. The van der Waals surface area contributed by atoms with Gasteiger partial charge in [-0.15, -0.1) is 0 Å². The number of hydrogen-bond acceptors (Lipinski definition) is 2. The van der Waals surface area contributed by atoms with E-state index >= 15 is 0 Å². The van der Waals surface area contributed by atoms with Gasteiger partial charge < -0.3 is 5.32 Å². The lowest BCUT2D eigenvalue weighted by atomic mass is 9.82. The summed E-state index contributed by atoms with van der Waals surface area (Å²) in [5, 5.41) is 3.54. The fourth-order valence-electron chi connectivity index (χ4n) is 3.32. The van der Waals surface area contributed by atoms with Crippen molar-refractivity contribution in [2.24, 2.45) is 0 Å². The van der Waals surface area contributed by atoms with Gasteiger partial charge >= 0.3 is 0 Å². The summed E-state index contributed by atoms with van der Waals surface area (Å²) in [6, 6.07) is 0. The van der Waals surface area contributed by atoms with Crippen LogP contribution in [0.3, 0.4) is 0 Å². The van der Waals surface area contributed by atoms with E-state index in [1.165, 1.54) is 45.3 Å². The van der Waals surface area contributed by atoms with Crippen molar-refractivity contribution in [3.05, 3.63) is 0 Å². The predicted molar refractivity (Wildman–Crippen MR) is 60.5 cm³/mol. The van der Waals surface area contributed by atoms with Crippen LogP contribution in [0.5, 0.6) is 0 Å². The van der Waals surface area contributed by atoms with Gasteiger partial charge in [-0.25, -0.2) is 0 Å². The van der Waals surface area contributed by atoms with E-state index in [2.05, 4.69) is 31.0 Å². The summed E-state index contributed by atoms with van der Waals surface area (Å²) in [6.45, 7) is 10.8. The lowest BCUT2D eigenvalue weighted by molar-refractivity contribution is -0.0133. The summed E-state index contributed by atoms with van der Waals surface area (Å²) in [6.07, 6.45) is 5.56. The molecular weight excluding hydrogens is 172 g/mol. The van der Waals surface area contributed by atoms with Gasteiger partial charge in [0.15, 0.2) is 0 Å². The fourth-order valence-corrected chi connectivity index (χ4v) is 3.32. The molecule has 0 aliphatic carbocycles. The molecule has 82 valence electrons. The highest BCUT2D eigenvalue weighted by Gasteiger charge is 2.45. The normalized spacial score (nSPS) is 35.4.